The molecule has 0 aromatic heterocycles. The fourth-order valence-electron chi connectivity index (χ4n) is 0.974. The van der Waals surface area contributed by atoms with Crippen molar-refractivity contribution >= 4 is 0 Å². The van der Waals surface area contributed by atoms with Crippen molar-refractivity contribution in [2.24, 2.45) is 0 Å². The van der Waals surface area contributed by atoms with Crippen LogP contribution < -0.4 is 0 Å². The van der Waals surface area contributed by atoms with Crippen LogP contribution in [0.4, 0.5) is 0 Å². The Kier molecular flexibility index (Phi) is 4.71. The molecule has 0 aliphatic rings. The second kappa shape index (κ2) is 4.73. The van der Waals surface area contributed by atoms with Crippen LogP contribution in [0.15, 0.2) is 0 Å². The Morgan fingerprint density at radius 2 is 1.90 bits per heavy atom. The van der Waals surface area contributed by atoms with Gasteiger partial charge in [0.15, 0.2) is 0 Å². The zero-order valence-electron chi connectivity index (χ0n) is 7.74. The van der Waals surface area contributed by atoms with Crippen molar-refractivity contribution in [2.75, 3.05) is 7.11 Å². The summed E-state index contributed by atoms with van der Waals surface area (Å²) in [7, 11) is 1.80. The van der Waals surface area contributed by atoms with Gasteiger partial charge in [0, 0.05) is 7.11 Å². The van der Waals surface area contributed by atoms with Crippen LogP contribution in [0, 0.1) is 0 Å². The molecule has 0 aliphatic carbocycles. The topological polar surface area (TPSA) is 9.23 Å². The van der Waals surface area contributed by atoms with Crippen LogP contribution >= 0.6 is 0 Å². The third-order valence-corrected chi connectivity index (χ3v) is 2.30. The highest BCUT2D eigenvalue weighted by Crippen LogP contribution is 2.20. The molecular weight excluding hydrogens is 124 g/mol. The van der Waals surface area contributed by atoms with Crippen molar-refractivity contribution in [3.8, 4) is 0 Å². The number of hydrogen-bond donors (Lipinski definition) is 0. The minimum absolute atomic E-state index is 0.135. The van der Waals surface area contributed by atoms with Gasteiger partial charge in [0.25, 0.3) is 0 Å². The van der Waals surface area contributed by atoms with Gasteiger partial charge in [-0.1, -0.05) is 26.7 Å². The molecule has 0 bridgehead atoms. The highest BCUT2D eigenvalue weighted by Gasteiger charge is 2.19. The largest absolute Gasteiger partial charge is 0.379 e. The Hall–Kier alpha value is -0.0400. The van der Waals surface area contributed by atoms with Crippen molar-refractivity contribution in [1.82, 2.24) is 0 Å². The molecule has 0 radical (unpaired) electrons. The summed E-state index contributed by atoms with van der Waals surface area (Å²) in [6.07, 6.45) is 4.84. The summed E-state index contributed by atoms with van der Waals surface area (Å²) in [5.41, 5.74) is 0.135. The van der Waals surface area contributed by atoms with Gasteiger partial charge in [0.2, 0.25) is 0 Å². The average molecular weight is 144 g/mol. The smallest absolute Gasteiger partial charge is 0.0648 e. The van der Waals surface area contributed by atoms with Gasteiger partial charge >= 0.3 is 0 Å². The van der Waals surface area contributed by atoms with Crippen LogP contribution in [0.2, 0.25) is 0 Å². The molecule has 62 valence electrons. The molecule has 0 saturated heterocycles. The third-order valence-electron chi connectivity index (χ3n) is 2.30. The quantitative estimate of drug-likeness (QED) is 0.576. The molecule has 0 saturated carbocycles. The van der Waals surface area contributed by atoms with Gasteiger partial charge in [-0.05, 0) is 19.8 Å². The fraction of sp³-hybridized carbons (Fsp3) is 1.00. The molecule has 0 aromatic rings. The molecule has 1 heteroatoms. The summed E-state index contributed by atoms with van der Waals surface area (Å²) in [6, 6.07) is 0. The summed E-state index contributed by atoms with van der Waals surface area (Å²) in [5.74, 6) is 0. The standard InChI is InChI=1S/C9H20O/c1-5-7-8-9(3,6-2)10-4/h5-8H2,1-4H3. The van der Waals surface area contributed by atoms with E-state index in [4.69, 9.17) is 4.74 Å². The van der Waals surface area contributed by atoms with Crippen LogP contribution in [0.25, 0.3) is 0 Å². The van der Waals surface area contributed by atoms with Crippen molar-refractivity contribution in [1.29, 1.82) is 0 Å². The van der Waals surface area contributed by atoms with Gasteiger partial charge in [0.1, 0.15) is 0 Å². The van der Waals surface area contributed by atoms with Crippen LogP contribution in [-0.2, 0) is 4.74 Å². The Balaban J connectivity index is 3.58. The molecular formula is C9H20O. The Bertz CT molecular complexity index is 74.8. The molecule has 1 atom stereocenters. The first kappa shape index (κ1) is 9.96. The number of hydrogen-bond acceptors (Lipinski definition) is 1. The van der Waals surface area contributed by atoms with Gasteiger partial charge in [-0.3, -0.25) is 0 Å². The second-order valence-corrected chi connectivity index (χ2v) is 3.11. The first-order valence-electron chi connectivity index (χ1n) is 4.23. The summed E-state index contributed by atoms with van der Waals surface area (Å²) in [6.45, 7) is 6.58. The van der Waals surface area contributed by atoms with E-state index in [1.165, 1.54) is 19.3 Å². The van der Waals surface area contributed by atoms with E-state index in [0.29, 0.717) is 0 Å². The maximum atomic E-state index is 5.39. The van der Waals surface area contributed by atoms with E-state index in [1.807, 2.05) is 0 Å². The lowest BCUT2D eigenvalue weighted by atomic mass is 9.96. The molecule has 0 fully saturated rings. The highest BCUT2D eigenvalue weighted by atomic mass is 16.5. The summed E-state index contributed by atoms with van der Waals surface area (Å²) >= 11 is 0. The molecule has 0 spiro atoms. The van der Waals surface area contributed by atoms with Crippen LogP contribution in [-0.4, -0.2) is 12.7 Å². The van der Waals surface area contributed by atoms with E-state index in [2.05, 4.69) is 20.8 Å². The van der Waals surface area contributed by atoms with Crippen LogP contribution in [0.5, 0.6) is 0 Å². The monoisotopic (exact) mass is 144 g/mol. The van der Waals surface area contributed by atoms with E-state index in [1.54, 1.807) is 7.11 Å². The lowest BCUT2D eigenvalue weighted by molar-refractivity contribution is -0.00584. The zero-order chi connectivity index (χ0) is 8.04. The van der Waals surface area contributed by atoms with Gasteiger partial charge in [-0.25, -0.2) is 0 Å². The molecule has 1 nitrogen and oxygen atoms in total. The zero-order valence-corrected chi connectivity index (χ0v) is 7.74. The first-order chi connectivity index (χ1) is 4.68. The molecule has 0 N–H and O–H groups in total. The van der Waals surface area contributed by atoms with Gasteiger partial charge in [-0.15, -0.1) is 0 Å². The SMILES string of the molecule is CCCCC(C)(CC)OC. The molecule has 1 unspecified atom stereocenters. The minimum Gasteiger partial charge on any atom is -0.379 e. The Morgan fingerprint density at radius 3 is 2.20 bits per heavy atom. The van der Waals surface area contributed by atoms with Crippen molar-refractivity contribution in [3.63, 3.8) is 0 Å². The summed E-state index contributed by atoms with van der Waals surface area (Å²) in [4.78, 5) is 0. The predicted octanol–water partition coefficient (Wildman–Crippen LogP) is 2.99. The normalized spacial score (nSPS) is 16.8. The summed E-state index contributed by atoms with van der Waals surface area (Å²) < 4.78 is 5.39. The lowest BCUT2D eigenvalue weighted by Gasteiger charge is -2.26. The van der Waals surface area contributed by atoms with E-state index in [9.17, 15) is 0 Å². The van der Waals surface area contributed by atoms with E-state index in [0.717, 1.165) is 6.42 Å². The Labute approximate surface area is 64.8 Å². The van der Waals surface area contributed by atoms with E-state index < -0.39 is 0 Å². The number of unbranched alkanes of at least 4 members (excludes halogenated alkanes) is 1. The van der Waals surface area contributed by atoms with Crippen LogP contribution in [0.3, 0.4) is 0 Å². The van der Waals surface area contributed by atoms with Crippen molar-refractivity contribution < 1.29 is 4.74 Å². The molecule has 0 amide bonds. The van der Waals surface area contributed by atoms with E-state index >= 15 is 0 Å². The number of ether oxygens (including phenoxy) is 1. The average Bonchev–Trinajstić information content (AvgIpc) is 2.00. The van der Waals surface area contributed by atoms with Crippen molar-refractivity contribution in [2.45, 2.75) is 52.1 Å². The number of rotatable bonds is 5. The van der Waals surface area contributed by atoms with Crippen LogP contribution in [0.1, 0.15) is 46.5 Å². The fourth-order valence-corrected chi connectivity index (χ4v) is 0.974. The van der Waals surface area contributed by atoms with E-state index in [-0.39, 0.29) is 5.60 Å². The molecule has 0 heterocycles. The van der Waals surface area contributed by atoms with Gasteiger partial charge in [-0.2, -0.15) is 0 Å². The van der Waals surface area contributed by atoms with Gasteiger partial charge < -0.3 is 4.74 Å². The Morgan fingerprint density at radius 1 is 1.30 bits per heavy atom. The molecule has 10 heavy (non-hydrogen) atoms. The molecule has 0 rings (SSSR count). The maximum Gasteiger partial charge on any atom is 0.0648 e. The third kappa shape index (κ3) is 3.21. The number of methoxy groups -OCH3 is 1. The minimum atomic E-state index is 0.135. The summed E-state index contributed by atoms with van der Waals surface area (Å²) in [5, 5.41) is 0. The van der Waals surface area contributed by atoms with Gasteiger partial charge in [0.05, 0.1) is 5.60 Å². The maximum absolute atomic E-state index is 5.39. The predicted molar refractivity (Wildman–Crippen MR) is 45.2 cm³/mol. The highest BCUT2D eigenvalue weighted by molar-refractivity contribution is 4.71. The first-order valence-corrected chi connectivity index (χ1v) is 4.23. The second-order valence-electron chi connectivity index (χ2n) is 3.11. The lowest BCUT2D eigenvalue weighted by Crippen LogP contribution is -2.25. The molecule has 0 aromatic carbocycles. The molecule has 0 aliphatic heterocycles. The van der Waals surface area contributed by atoms with Crippen molar-refractivity contribution in [3.05, 3.63) is 0 Å².